The van der Waals surface area contributed by atoms with Crippen molar-refractivity contribution in [3.05, 3.63) is 71.3 Å². The van der Waals surface area contributed by atoms with Gasteiger partial charge < -0.3 is 0 Å². The molecule has 0 radical (unpaired) electrons. The van der Waals surface area contributed by atoms with Crippen LogP contribution in [0.4, 0.5) is 0 Å². The van der Waals surface area contributed by atoms with E-state index in [1.807, 2.05) is 25.1 Å². The summed E-state index contributed by atoms with van der Waals surface area (Å²) in [7, 11) is -3.40. The molecule has 3 nitrogen and oxygen atoms in total. The number of nitrogens with one attached hydrogen (secondary N) is 1. The molecule has 1 fully saturated rings. The molecule has 3 rings (SSSR count). The fourth-order valence-corrected chi connectivity index (χ4v) is 4.52. The maximum atomic E-state index is 12.3. The first kappa shape index (κ1) is 18.9. The lowest BCUT2D eigenvalue weighted by molar-refractivity contribution is 0.573. The number of rotatable bonds is 7. The SMILES string of the molecule is C/C(=C(/C)C1CC1CCNS(=O)(=O)c1ccc(C)cc1)c1ccccc1. The summed E-state index contributed by atoms with van der Waals surface area (Å²) in [4.78, 5) is 0.339. The molecule has 0 aliphatic heterocycles. The zero-order valence-electron chi connectivity index (χ0n) is 15.7. The van der Waals surface area contributed by atoms with Crippen LogP contribution < -0.4 is 4.72 Å². The molecular formula is C22H27NO2S. The molecule has 0 spiro atoms. The topological polar surface area (TPSA) is 46.2 Å². The van der Waals surface area contributed by atoms with E-state index in [1.165, 1.54) is 16.7 Å². The van der Waals surface area contributed by atoms with E-state index in [0.29, 0.717) is 23.3 Å². The average Bonchev–Trinajstić information content (AvgIpc) is 3.41. The minimum atomic E-state index is -3.40. The van der Waals surface area contributed by atoms with Crippen LogP contribution in [0.1, 0.15) is 37.8 Å². The smallest absolute Gasteiger partial charge is 0.211 e. The van der Waals surface area contributed by atoms with Crippen LogP contribution >= 0.6 is 0 Å². The summed E-state index contributed by atoms with van der Waals surface area (Å²) >= 11 is 0. The van der Waals surface area contributed by atoms with Gasteiger partial charge in [0.15, 0.2) is 0 Å². The zero-order valence-corrected chi connectivity index (χ0v) is 16.5. The van der Waals surface area contributed by atoms with Crippen LogP contribution in [0.3, 0.4) is 0 Å². The van der Waals surface area contributed by atoms with Crippen LogP contribution in [0.25, 0.3) is 5.57 Å². The Balaban J connectivity index is 1.54. The number of hydrogen-bond acceptors (Lipinski definition) is 2. The Hall–Kier alpha value is -1.91. The fraction of sp³-hybridized carbons (Fsp3) is 0.364. The maximum Gasteiger partial charge on any atom is 0.240 e. The van der Waals surface area contributed by atoms with Crippen LogP contribution in [-0.4, -0.2) is 15.0 Å². The van der Waals surface area contributed by atoms with Crippen molar-refractivity contribution in [2.45, 2.75) is 38.5 Å². The van der Waals surface area contributed by atoms with Crippen molar-refractivity contribution in [3.8, 4) is 0 Å². The summed E-state index contributed by atoms with van der Waals surface area (Å²) in [6.07, 6.45) is 2.04. The van der Waals surface area contributed by atoms with E-state index < -0.39 is 10.0 Å². The van der Waals surface area contributed by atoms with E-state index >= 15 is 0 Å². The van der Waals surface area contributed by atoms with Crippen LogP contribution in [0.15, 0.2) is 65.1 Å². The van der Waals surface area contributed by atoms with Crippen molar-refractivity contribution >= 4 is 15.6 Å². The Morgan fingerprint density at radius 1 is 1.04 bits per heavy atom. The average molecular weight is 370 g/mol. The Labute approximate surface area is 157 Å². The molecule has 1 saturated carbocycles. The minimum absolute atomic E-state index is 0.339. The van der Waals surface area contributed by atoms with E-state index in [9.17, 15) is 8.42 Å². The number of allylic oxidation sites excluding steroid dienone is 2. The van der Waals surface area contributed by atoms with Gasteiger partial charge in [-0.1, -0.05) is 53.6 Å². The summed E-state index contributed by atoms with van der Waals surface area (Å²) in [6, 6.07) is 17.4. The van der Waals surface area contributed by atoms with Gasteiger partial charge in [-0.3, -0.25) is 0 Å². The van der Waals surface area contributed by atoms with E-state index in [-0.39, 0.29) is 0 Å². The third-order valence-electron chi connectivity index (χ3n) is 5.42. The second-order valence-electron chi connectivity index (χ2n) is 7.28. The van der Waals surface area contributed by atoms with Gasteiger partial charge in [0, 0.05) is 6.54 Å². The fourth-order valence-electron chi connectivity index (χ4n) is 3.47. The monoisotopic (exact) mass is 369 g/mol. The Morgan fingerprint density at radius 3 is 2.35 bits per heavy atom. The third-order valence-corrected chi connectivity index (χ3v) is 6.89. The molecule has 4 heteroatoms. The van der Waals surface area contributed by atoms with Crippen LogP contribution in [0.2, 0.25) is 0 Å². The summed E-state index contributed by atoms with van der Waals surface area (Å²) in [6.45, 7) is 6.84. The lowest BCUT2D eigenvalue weighted by atomic mass is 9.98. The lowest BCUT2D eigenvalue weighted by Crippen LogP contribution is -2.25. The van der Waals surface area contributed by atoms with Gasteiger partial charge in [-0.15, -0.1) is 0 Å². The van der Waals surface area contributed by atoms with Gasteiger partial charge in [-0.25, -0.2) is 13.1 Å². The summed E-state index contributed by atoms with van der Waals surface area (Å²) in [5, 5.41) is 0. The summed E-state index contributed by atoms with van der Waals surface area (Å²) in [5.41, 5.74) is 5.11. The van der Waals surface area contributed by atoms with E-state index in [0.717, 1.165) is 18.4 Å². The predicted molar refractivity (Wildman–Crippen MR) is 107 cm³/mol. The molecule has 1 aliphatic rings. The minimum Gasteiger partial charge on any atom is -0.211 e. The highest BCUT2D eigenvalue weighted by Gasteiger charge is 2.38. The zero-order chi connectivity index (χ0) is 18.7. The van der Waals surface area contributed by atoms with Crippen molar-refractivity contribution in [3.63, 3.8) is 0 Å². The molecule has 138 valence electrons. The molecule has 1 N–H and O–H groups in total. The first-order chi connectivity index (χ1) is 12.4. The molecule has 0 saturated heterocycles. The lowest BCUT2D eigenvalue weighted by Gasteiger charge is -2.09. The van der Waals surface area contributed by atoms with Gasteiger partial charge >= 0.3 is 0 Å². The first-order valence-corrected chi connectivity index (χ1v) is 10.7. The molecular weight excluding hydrogens is 342 g/mol. The number of sulfonamides is 1. The van der Waals surface area contributed by atoms with Gasteiger partial charge in [0.25, 0.3) is 0 Å². The number of hydrogen-bond donors (Lipinski definition) is 1. The van der Waals surface area contributed by atoms with Crippen molar-refractivity contribution in [1.29, 1.82) is 0 Å². The van der Waals surface area contributed by atoms with E-state index in [1.54, 1.807) is 12.1 Å². The molecule has 2 aromatic carbocycles. The Kier molecular flexibility index (Phi) is 5.64. The molecule has 26 heavy (non-hydrogen) atoms. The molecule has 0 bridgehead atoms. The van der Waals surface area contributed by atoms with Crippen molar-refractivity contribution in [1.82, 2.24) is 4.72 Å². The van der Waals surface area contributed by atoms with Crippen LogP contribution in [0, 0.1) is 18.8 Å². The normalized spacial score (nSPS) is 20.6. The number of benzene rings is 2. The van der Waals surface area contributed by atoms with E-state index in [4.69, 9.17) is 0 Å². The van der Waals surface area contributed by atoms with Crippen molar-refractivity contribution < 1.29 is 8.42 Å². The van der Waals surface area contributed by atoms with Gasteiger partial charge in [-0.05, 0) is 68.7 Å². The highest BCUT2D eigenvalue weighted by molar-refractivity contribution is 7.89. The van der Waals surface area contributed by atoms with Crippen LogP contribution in [0.5, 0.6) is 0 Å². The third kappa shape index (κ3) is 4.43. The largest absolute Gasteiger partial charge is 0.240 e. The Morgan fingerprint density at radius 2 is 1.69 bits per heavy atom. The van der Waals surface area contributed by atoms with E-state index in [2.05, 4.69) is 42.8 Å². The molecule has 2 aromatic rings. The van der Waals surface area contributed by atoms with Gasteiger partial charge in [-0.2, -0.15) is 0 Å². The van der Waals surface area contributed by atoms with Gasteiger partial charge in [0.1, 0.15) is 0 Å². The molecule has 2 atom stereocenters. The summed E-state index contributed by atoms with van der Waals surface area (Å²) in [5.74, 6) is 1.16. The summed E-state index contributed by atoms with van der Waals surface area (Å²) < 4.78 is 27.4. The highest BCUT2D eigenvalue weighted by atomic mass is 32.2. The molecule has 0 aromatic heterocycles. The molecule has 0 heterocycles. The molecule has 1 aliphatic carbocycles. The first-order valence-electron chi connectivity index (χ1n) is 9.17. The van der Waals surface area contributed by atoms with Gasteiger partial charge in [0.05, 0.1) is 4.90 Å². The maximum absolute atomic E-state index is 12.3. The second kappa shape index (κ2) is 7.77. The number of aryl methyl sites for hydroxylation is 1. The Bertz CT molecular complexity index is 883. The van der Waals surface area contributed by atoms with Crippen molar-refractivity contribution in [2.24, 2.45) is 11.8 Å². The second-order valence-corrected chi connectivity index (χ2v) is 9.04. The predicted octanol–water partition coefficient (Wildman–Crippen LogP) is 4.79. The van der Waals surface area contributed by atoms with Crippen molar-refractivity contribution in [2.75, 3.05) is 6.54 Å². The van der Waals surface area contributed by atoms with Crippen LogP contribution in [-0.2, 0) is 10.0 Å². The molecule has 0 amide bonds. The standard InChI is InChI=1S/C22H27NO2S/c1-16-9-11-21(12-10-16)26(24,25)23-14-13-20-15-22(20)18(3)17(2)19-7-5-4-6-8-19/h4-12,20,22-23H,13-15H2,1-3H3/b18-17+. The highest BCUT2D eigenvalue weighted by Crippen LogP contribution is 2.48. The van der Waals surface area contributed by atoms with Gasteiger partial charge in [0.2, 0.25) is 10.0 Å². The quantitative estimate of drug-likeness (QED) is 0.762. The molecule has 2 unspecified atom stereocenters.